The summed E-state index contributed by atoms with van der Waals surface area (Å²) in [5.41, 5.74) is 3.20. The van der Waals surface area contributed by atoms with Crippen LogP contribution in [0.15, 0.2) is 73.3 Å². The number of rotatable bonds is 13. The molecule has 0 bridgehead atoms. The number of H-pyrrole nitrogens is 2. The lowest BCUT2D eigenvalue weighted by Gasteiger charge is -2.20. The van der Waals surface area contributed by atoms with E-state index in [0.29, 0.717) is 58.7 Å². The van der Waals surface area contributed by atoms with Gasteiger partial charge in [-0.05, 0) is 77.4 Å². The van der Waals surface area contributed by atoms with E-state index in [0.717, 1.165) is 42.3 Å². The highest BCUT2D eigenvalue weighted by molar-refractivity contribution is 5.77. The molecule has 2 fully saturated rings. The molecule has 2 saturated carbocycles. The number of anilines is 4. The fourth-order valence-corrected chi connectivity index (χ4v) is 7.18. The molecular formula is C44H52N14O4. The van der Waals surface area contributed by atoms with E-state index in [1.807, 2.05) is 50.4 Å². The third-order valence-electron chi connectivity index (χ3n) is 10.4. The Labute approximate surface area is 360 Å². The lowest BCUT2D eigenvalue weighted by atomic mass is 9.96. The van der Waals surface area contributed by atoms with E-state index in [1.165, 1.54) is 56.9 Å². The van der Waals surface area contributed by atoms with Gasteiger partial charge >= 0.3 is 0 Å². The van der Waals surface area contributed by atoms with Gasteiger partial charge in [-0.15, -0.1) is 0 Å². The largest absolute Gasteiger partial charge is 0.507 e. The number of methoxy groups -OCH3 is 1. The summed E-state index contributed by atoms with van der Waals surface area (Å²) < 4.78 is 17.5. The van der Waals surface area contributed by atoms with E-state index >= 15 is 0 Å². The average molecular weight is 841 g/mol. The molecule has 0 saturated heterocycles. The first-order valence-electron chi connectivity index (χ1n) is 20.6. The predicted molar refractivity (Wildman–Crippen MR) is 235 cm³/mol. The standard InChI is InChI=1S/C21H23N7O2.C16H14N6O2.C7H15N/c1-23-13-6-7-15(8-13)30-18-5-3-4-17(29-2)21(18)16-9-19(28-27-16)26-20-12-24-14(10-22)11-25-20;1-2-24-13-5-3-4-12(23)16(13)11-6-14(22-21-11)20-15-9-18-10(7-17)8-19-15;1-8-7-5-3-2-4-6-7/h3-5,9,11-13,15,23H,6-8H2,1-2H3,(H2,25,26,27,28);3-6,8-9,23H,2H2,1H3,(H2,19,20,21,22);7-8H,2-6H2,1H3. The molecule has 2 aliphatic rings. The number of ether oxygens (including phenoxy) is 3. The van der Waals surface area contributed by atoms with Crippen molar-refractivity contribution < 1.29 is 19.3 Å². The second-order valence-electron chi connectivity index (χ2n) is 14.5. The Morgan fingerprint density at radius 3 is 1.79 bits per heavy atom. The lowest BCUT2D eigenvalue weighted by Crippen LogP contribution is -2.26. The molecule has 2 atom stereocenters. The average Bonchev–Trinajstić information content (AvgIpc) is 4.10. The monoisotopic (exact) mass is 840 g/mol. The van der Waals surface area contributed by atoms with Crippen molar-refractivity contribution in [3.8, 4) is 57.7 Å². The van der Waals surface area contributed by atoms with Gasteiger partial charge in [0.1, 0.15) is 52.9 Å². The smallest absolute Gasteiger partial charge is 0.158 e. The molecule has 0 aliphatic heterocycles. The van der Waals surface area contributed by atoms with Crippen LogP contribution in [0, 0.1) is 22.7 Å². The van der Waals surface area contributed by atoms with E-state index in [1.54, 1.807) is 31.4 Å². The van der Waals surface area contributed by atoms with Gasteiger partial charge in [0.2, 0.25) is 0 Å². The second-order valence-corrected chi connectivity index (χ2v) is 14.5. The fourth-order valence-electron chi connectivity index (χ4n) is 7.18. The van der Waals surface area contributed by atoms with Gasteiger partial charge in [0.05, 0.1) is 61.0 Å². The third-order valence-corrected chi connectivity index (χ3v) is 10.4. The number of nitrogens with one attached hydrogen (secondary N) is 6. The third kappa shape index (κ3) is 11.9. The van der Waals surface area contributed by atoms with Crippen LogP contribution >= 0.6 is 0 Å². The van der Waals surface area contributed by atoms with Gasteiger partial charge in [0.25, 0.3) is 0 Å². The molecule has 7 N–H and O–H groups in total. The molecule has 4 aromatic heterocycles. The molecule has 0 radical (unpaired) electrons. The van der Waals surface area contributed by atoms with Crippen molar-refractivity contribution in [1.29, 1.82) is 10.5 Å². The molecule has 4 heterocycles. The van der Waals surface area contributed by atoms with Crippen LogP contribution in [-0.4, -0.2) is 91.4 Å². The zero-order valence-corrected chi connectivity index (χ0v) is 35.3. The maximum Gasteiger partial charge on any atom is 0.158 e. The molecule has 2 unspecified atom stereocenters. The molecule has 0 spiro atoms. The second kappa shape index (κ2) is 22.4. The molecule has 322 valence electrons. The van der Waals surface area contributed by atoms with Gasteiger partial charge in [-0.1, -0.05) is 31.4 Å². The molecule has 62 heavy (non-hydrogen) atoms. The summed E-state index contributed by atoms with van der Waals surface area (Å²) in [6.07, 6.45) is 16.1. The number of hydrogen-bond donors (Lipinski definition) is 7. The van der Waals surface area contributed by atoms with Crippen LogP contribution in [0.4, 0.5) is 23.3 Å². The van der Waals surface area contributed by atoms with Crippen molar-refractivity contribution >= 4 is 23.3 Å². The highest BCUT2D eigenvalue weighted by Gasteiger charge is 2.27. The maximum atomic E-state index is 10.1. The van der Waals surface area contributed by atoms with Gasteiger partial charge in [0.15, 0.2) is 23.0 Å². The SMILES string of the molecule is CCOc1cccc(O)c1-c1cc(Nc2cnc(C#N)cn2)n[nH]1.CNC1CCC(Oc2cccc(OC)c2-c2cc(Nc3cnc(C#N)cn3)n[nH]2)C1.CNC1CCCCC1. The van der Waals surface area contributed by atoms with Crippen molar-refractivity contribution in [2.24, 2.45) is 0 Å². The molecule has 18 heteroatoms. The minimum Gasteiger partial charge on any atom is -0.507 e. The van der Waals surface area contributed by atoms with Gasteiger partial charge in [-0.3, -0.25) is 10.2 Å². The summed E-state index contributed by atoms with van der Waals surface area (Å²) in [7, 11) is 5.69. The summed E-state index contributed by atoms with van der Waals surface area (Å²) in [6.45, 7) is 2.36. The van der Waals surface area contributed by atoms with Gasteiger partial charge in [-0.2, -0.15) is 20.7 Å². The molecule has 0 amide bonds. The molecule has 8 rings (SSSR count). The number of aromatic nitrogens is 8. The highest BCUT2D eigenvalue weighted by Crippen LogP contribution is 2.40. The minimum atomic E-state index is 0.0920. The summed E-state index contributed by atoms with van der Waals surface area (Å²) in [5.74, 6) is 4.11. The zero-order chi connectivity index (χ0) is 43.7. The van der Waals surface area contributed by atoms with E-state index < -0.39 is 0 Å². The minimum absolute atomic E-state index is 0.0920. The van der Waals surface area contributed by atoms with Gasteiger partial charge < -0.3 is 40.6 Å². The number of phenolic OH excluding ortho intramolecular Hbond substituents is 1. The Bertz CT molecular complexity index is 2400. The molecule has 6 aromatic rings. The molecule has 18 nitrogen and oxygen atoms in total. The number of aromatic hydroxyl groups is 1. The number of hydrogen-bond acceptors (Lipinski definition) is 16. The van der Waals surface area contributed by atoms with Crippen LogP contribution < -0.4 is 35.5 Å². The van der Waals surface area contributed by atoms with E-state index in [2.05, 4.69) is 68.6 Å². The number of benzene rings is 2. The van der Waals surface area contributed by atoms with Gasteiger partial charge in [-0.25, -0.2) is 19.9 Å². The van der Waals surface area contributed by atoms with Crippen LogP contribution in [0.1, 0.15) is 69.7 Å². The Balaban J connectivity index is 0.000000178. The van der Waals surface area contributed by atoms with Crippen LogP contribution in [0.25, 0.3) is 22.5 Å². The van der Waals surface area contributed by atoms with E-state index in [4.69, 9.17) is 24.7 Å². The normalized spacial score (nSPS) is 15.7. The predicted octanol–water partition coefficient (Wildman–Crippen LogP) is 7.13. The van der Waals surface area contributed by atoms with Crippen LogP contribution in [-0.2, 0) is 0 Å². The van der Waals surface area contributed by atoms with Crippen molar-refractivity contribution in [3.05, 3.63) is 84.7 Å². The molecule has 2 aliphatic carbocycles. The first-order chi connectivity index (χ1) is 30.3. The van der Waals surface area contributed by atoms with E-state index in [9.17, 15) is 5.11 Å². The van der Waals surface area contributed by atoms with Crippen LogP contribution in [0.2, 0.25) is 0 Å². The van der Waals surface area contributed by atoms with Crippen LogP contribution in [0.3, 0.4) is 0 Å². The lowest BCUT2D eigenvalue weighted by molar-refractivity contribution is 0.207. The fraction of sp³-hybridized carbons (Fsp3) is 0.364. The Morgan fingerprint density at radius 1 is 0.694 bits per heavy atom. The van der Waals surface area contributed by atoms with E-state index in [-0.39, 0.29) is 23.2 Å². The van der Waals surface area contributed by atoms with Crippen molar-refractivity contribution in [2.75, 3.05) is 38.4 Å². The topological polar surface area (TPSA) is 253 Å². The maximum absolute atomic E-state index is 10.1. The zero-order valence-electron chi connectivity index (χ0n) is 35.3. The number of aromatic amines is 2. The molecular weight excluding hydrogens is 789 g/mol. The Hall–Kier alpha value is -7.28. The van der Waals surface area contributed by atoms with Crippen molar-refractivity contribution in [3.63, 3.8) is 0 Å². The summed E-state index contributed by atoms with van der Waals surface area (Å²) >= 11 is 0. The Kier molecular flexibility index (Phi) is 16.0. The number of nitriles is 2. The summed E-state index contributed by atoms with van der Waals surface area (Å²) in [6, 6.07) is 19.6. The van der Waals surface area contributed by atoms with Crippen molar-refractivity contribution in [1.82, 2.24) is 51.0 Å². The van der Waals surface area contributed by atoms with Crippen LogP contribution in [0.5, 0.6) is 23.0 Å². The van der Waals surface area contributed by atoms with Gasteiger partial charge in [0, 0.05) is 24.2 Å². The first kappa shape index (κ1) is 44.3. The first-order valence-corrected chi connectivity index (χ1v) is 20.6. The summed E-state index contributed by atoms with van der Waals surface area (Å²) in [5, 5.41) is 54.7. The molecule has 2 aromatic carbocycles. The highest BCUT2D eigenvalue weighted by atomic mass is 16.5. The Morgan fingerprint density at radius 2 is 1.27 bits per heavy atom. The quantitative estimate of drug-likeness (QED) is 0.0610. The van der Waals surface area contributed by atoms with Crippen molar-refractivity contribution in [2.45, 2.75) is 76.5 Å². The number of nitrogens with zero attached hydrogens (tertiary/aromatic N) is 8. The summed E-state index contributed by atoms with van der Waals surface area (Å²) in [4.78, 5) is 16.2. The number of phenols is 1.